The lowest BCUT2D eigenvalue weighted by molar-refractivity contribution is 0.0165. The van der Waals surface area contributed by atoms with Crippen LogP contribution in [-0.2, 0) is 6.42 Å². The minimum atomic E-state index is -0.577. The van der Waals surface area contributed by atoms with Crippen molar-refractivity contribution in [2.75, 3.05) is 18.0 Å². The zero-order valence-corrected chi connectivity index (χ0v) is 11.6. The first-order valence-corrected chi connectivity index (χ1v) is 7.16. The van der Waals surface area contributed by atoms with Gasteiger partial charge in [-0.3, -0.25) is 4.98 Å². The third-order valence-corrected chi connectivity index (χ3v) is 4.10. The molecule has 3 heteroatoms. The molecule has 1 aliphatic rings. The third kappa shape index (κ3) is 2.99. The lowest BCUT2D eigenvalue weighted by Crippen LogP contribution is -2.45. The van der Waals surface area contributed by atoms with Crippen LogP contribution in [0.3, 0.4) is 0 Å². The summed E-state index contributed by atoms with van der Waals surface area (Å²) in [6.07, 6.45) is 5.92. The first kappa shape index (κ1) is 13.1. The van der Waals surface area contributed by atoms with E-state index in [1.165, 1.54) is 5.69 Å². The van der Waals surface area contributed by atoms with E-state index in [1.54, 1.807) is 12.4 Å². The molecular formula is C17H20N2O. The van der Waals surface area contributed by atoms with Crippen molar-refractivity contribution in [2.45, 2.75) is 24.9 Å². The predicted octanol–water partition coefficient (Wildman–Crippen LogP) is 2.66. The Balaban J connectivity index is 1.63. The van der Waals surface area contributed by atoms with E-state index in [4.69, 9.17) is 0 Å². The number of nitrogens with zero attached hydrogens (tertiary/aromatic N) is 2. The number of piperidine rings is 1. The Kier molecular flexibility index (Phi) is 3.70. The van der Waals surface area contributed by atoms with Gasteiger partial charge in [0.25, 0.3) is 0 Å². The minimum absolute atomic E-state index is 0.577. The molecule has 0 atom stereocenters. The molecule has 104 valence electrons. The summed E-state index contributed by atoms with van der Waals surface area (Å²) in [7, 11) is 0. The van der Waals surface area contributed by atoms with Gasteiger partial charge in [0, 0.05) is 37.6 Å². The summed E-state index contributed by atoms with van der Waals surface area (Å²) in [5.74, 6) is 0. The molecule has 3 nitrogen and oxygen atoms in total. The standard InChI is InChI=1S/C17H20N2O/c20-17(14-15-6-10-18-11-7-15)8-12-19(13-9-17)16-4-2-1-3-5-16/h1-7,10-11,20H,8-9,12-14H2. The lowest BCUT2D eigenvalue weighted by atomic mass is 9.85. The Labute approximate surface area is 119 Å². The first-order chi connectivity index (χ1) is 9.75. The molecule has 0 bridgehead atoms. The van der Waals surface area contributed by atoms with E-state index in [-0.39, 0.29) is 0 Å². The maximum absolute atomic E-state index is 10.7. The van der Waals surface area contributed by atoms with Crippen LogP contribution >= 0.6 is 0 Å². The highest BCUT2D eigenvalue weighted by atomic mass is 16.3. The van der Waals surface area contributed by atoms with Crippen molar-refractivity contribution >= 4 is 5.69 Å². The van der Waals surface area contributed by atoms with Crippen LogP contribution in [0, 0.1) is 0 Å². The average molecular weight is 268 g/mol. The van der Waals surface area contributed by atoms with Crippen LogP contribution in [0.25, 0.3) is 0 Å². The Morgan fingerprint density at radius 3 is 2.30 bits per heavy atom. The molecule has 2 aromatic rings. The largest absolute Gasteiger partial charge is 0.389 e. The second kappa shape index (κ2) is 5.63. The fraction of sp³-hybridized carbons (Fsp3) is 0.353. The van der Waals surface area contributed by atoms with Gasteiger partial charge in [-0.25, -0.2) is 0 Å². The van der Waals surface area contributed by atoms with Crippen LogP contribution in [0.1, 0.15) is 18.4 Å². The Morgan fingerprint density at radius 2 is 1.65 bits per heavy atom. The number of aromatic nitrogens is 1. The minimum Gasteiger partial charge on any atom is -0.389 e. The van der Waals surface area contributed by atoms with Gasteiger partial charge in [0.05, 0.1) is 5.60 Å². The SMILES string of the molecule is OC1(Cc2ccncc2)CCN(c2ccccc2)CC1. The summed E-state index contributed by atoms with van der Waals surface area (Å²) < 4.78 is 0. The highest BCUT2D eigenvalue weighted by Gasteiger charge is 2.32. The first-order valence-electron chi connectivity index (χ1n) is 7.16. The fourth-order valence-electron chi connectivity index (χ4n) is 2.88. The van der Waals surface area contributed by atoms with Gasteiger partial charge < -0.3 is 10.0 Å². The Morgan fingerprint density at radius 1 is 1.00 bits per heavy atom. The van der Waals surface area contributed by atoms with Crippen molar-refractivity contribution in [2.24, 2.45) is 0 Å². The van der Waals surface area contributed by atoms with Gasteiger partial charge in [0.2, 0.25) is 0 Å². The van der Waals surface area contributed by atoms with E-state index in [9.17, 15) is 5.11 Å². The summed E-state index contributed by atoms with van der Waals surface area (Å²) >= 11 is 0. The number of benzene rings is 1. The fourth-order valence-corrected chi connectivity index (χ4v) is 2.88. The van der Waals surface area contributed by atoms with Gasteiger partial charge in [-0.15, -0.1) is 0 Å². The van der Waals surface area contributed by atoms with Crippen molar-refractivity contribution in [3.05, 3.63) is 60.4 Å². The monoisotopic (exact) mass is 268 g/mol. The maximum Gasteiger partial charge on any atom is 0.0721 e. The molecule has 1 aromatic heterocycles. The number of hydrogen-bond donors (Lipinski definition) is 1. The summed E-state index contributed by atoms with van der Waals surface area (Å²) in [5.41, 5.74) is 1.83. The highest BCUT2D eigenvalue weighted by Crippen LogP contribution is 2.28. The molecule has 0 spiro atoms. The Bertz CT molecular complexity index is 533. The van der Waals surface area contributed by atoms with Crippen LogP contribution in [0.15, 0.2) is 54.9 Å². The normalized spacial score (nSPS) is 17.9. The quantitative estimate of drug-likeness (QED) is 0.929. The molecule has 2 heterocycles. The van der Waals surface area contributed by atoms with Gasteiger partial charge in [-0.2, -0.15) is 0 Å². The van der Waals surface area contributed by atoms with Crippen molar-refractivity contribution in [1.82, 2.24) is 4.98 Å². The number of aliphatic hydroxyl groups is 1. The molecule has 1 N–H and O–H groups in total. The van der Waals surface area contributed by atoms with Crippen molar-refractivity contribution in [1.29, 1.82) is 0 Å². The highest BCUT2D eigenvalue weighted by molar-refractivity contribution is 5.46. The molecule has 1 saturated heterocycles. The molecule has 1 aliphatic heterocycles. The van der Waals surface area contributed by atoms with Crippen LogP contribution in [0.4, 0.5) is 5.69 Å². The second-order valence-electron chi connectivity index (χ2n) is 5.58. The number of anilines is 1. The molecule has 1 aromatic carbocycles. The van der Waals surface area contributed by atoms with Gasteiger partial charge >= 0.3 is 0 Å². The van der Waals surface area contributed by atoms with Crippen LogP contribution in [-0.4, -0.2) is 28.8 Å². The molecule has 20 heavy (non-hydrogen) atoms. The molecule has 0 amide bonds. The van der Waals surface area contributed by atoms with Crippen LogP contribution < -0.4 is 4.90 Å². The summed E-state index contributed by atoms with van der Waals surface area (Å²) in [6, 6.07) is 14.4. The average Bonchev–Trinajstić information content (AvgIpc) is 2.50. The van der Waals surface area contributed by atoms with Crippen molar-refractivity contribution in [3.8, 4) is 0 Å². The van der Waals surface area contributed by atoms with E-state index < -0.39 is 5.60 Å². The van der Waals surface area contributed by atoms with Gasteiger partial charge in [0.1, 0.15) is 0 Å². The smallest absolute Gasteiger partial charge is 0.0721 e. The lowest BCUT2D eigenvalue weighted by Gasteiger charge is -2.39. The molecular weight excluding hydrogens is 248 g/mol. The summed E-state index contributed by atoms with van der Waals surface area (Å²) in [6.45, 7) is 1.82. The maximum atomic E-state index is 10.7. The molecule has 3 rings (SSSR count). The molecule has 0 saturated carbocycles. The zero-order valence-electron chi connectivity index (χ0n) is 11.6. The topological polar surface area (TPSA) is 36.4 Å². The number of hydrogen-bond acceptors (Lipinski definition) is 3. The van der Waals surface area contributed by atoms with E-state index in [0.717, 1.165) is 37.9 Å². The predicted molar refractivity (Wildman–Crippen MR) is 80.8 cm³/mol. The molecule has 0 aliphatic carbocycles. The number of pyridine rings is 1. The molecule has 1 fully saturated rings. The third-order valence-electron chi connectivity index (χ3n) is 4.10. The van der Waals surface area contributed by atoms with E-state index in [2.05, 4.69) is 34.1 Å². The van der Waals surface area contributed by atoms with E-state index in [1.807, 2.05) is 18.2 Å². The van der Waals surface area contributed by atoms with Crippen molar-refractivity contribution < 1.29 is 5.11 Å². The molecule has 0 unspecified atom stereocenters. The number of para-hydroxylation sites is 1. The van der Waals surface area contributed by atoms with Crippen LogP contribution in [0.2, 0.25) is 0 Å². The van der Waals surface area contributed by atoms with Gasteiger partial charge in [-0.1, -0.05) is 18.2 Å². The van der Waals surface area contributed by atoms with Crippen molar-refractivity contribution in [3.63, 3.8) is 0 Å². The summed E-state index contributed by atoms with van der Waals surface area (Å²) in [5, 5.41) is 10.7. The molecule has 0 radical (unpaired) electrons. The van der Waals surface area contributed by atoms with Crippen LogP contribution in [0.5, 0.6) is 0 Å². The zero-order chi connectivity index (χ0) is 13.8. The van der Waals surface area contributed by atoms with Gasteiger partial charge in [0.15, 0.2) is 0 Å². The van der Waals surface area contributed by atoms with Gasteiger partial charge in [-0.05, 0) is 42.7 Å². The second-order valence-corrected chi connectivity index (χ2v) is 5.58. The van der Waals surface area contributed by atoms with E-state index in [0.29, 0.717) is 0 Å². The Hall–Kier alpha value is -1.87. The van der Waals surface area contributed by atoms with E-state index >= 15 is 0 Å². The summed E-state index contributed by atoms with van der Waals surface area (Å²) in [4.78, 5) is 6.37. The number of rotatable bonds is 3.